The maximum atomic E-state index is 13.0. The number of methoxy groups -OCH3 is 1. The van der Waals surface area contributed by atoms with Gasteiger partial charge >= 0.3 is 0 Å². The quantitative estimate of drug-likeness (QED) is 0.180. The lowest BCUT2D eigenvalue weighted by Gasteiger charge is -2.30. The monoisotopic (exact) mass is 579 g/mol. The number of aliphatic hydroxyl groups is 1. The Morgan fingerprint density at radius 3 is 2.51 bits per heavy atom. The second-order valence-corrected chi connectivity index (χ2v) is 11.6. The molecule has 1 aromatic rings. The van der Waals surface area contributed by atoms with Gasteiger partial charge in [0.2, 0.25) is 11.8 Å². The van der Waals surface area contributed by atoms with Gasteiger partial charge in [0, 0.05) is 71.0 Å². The minimum Gasteiger partial charge on any atom is -0.477 e. The first-order valence-corrected chi connectivity index (χ1v) is 15.0. The molecule has 1 aromatic heterocycles. The molecule has 2 heterocycles. The largest absolute Gasteiger partial charge is 0.477 e. The molecule has 11 nitrogen and oxygen atoms in total. The van der Waals surface area contributed by atoms with Gasteiger partial charge in [0.25, 0.3) is 5.91 Å². The van der Waals surface area contributed by atoms with Crippen LogP contribution >= 0.6 is 0 Å². The molecular weight excluding hydrogens is 526 g/mol. The first kappa shape index (κ1) is 34.9. The van der Waals surface area contributed by atoms with Crippen LogP contribution in [0.2, 0.25) is 0 Å². The van der Waals surface area contributed by atoms with E-state index >= 15 is 0 Å². The maximum Gasteiger partial charge on any atom is 0.256 e. The minimum atomic E-state index is -0.838. The van der Waals surface area contributed by atoms with Crippen LogP contribution in [0.3, 0.4) is 0 Å². The van der Waals surface area contributed by atoms with Crippen LogP contribution in [-0.2, 0) is 14.3 Å². The van der Waals surface area contributed by atoms with Crippen molar-refractivity contribution in [1.29, 1.82) is 0 Å². The van der Waals surface area contributed by atoms with E-state index in [1.54, 1.807) is 25.4 Å². The van der Waals surface area contributed by atoms with Gasteiger partial charge in [0.15, 0.2) is 0 Å². The summed E-state index contributed by atoms with van der Waals surface area (Å²) >= 11 is 0. The number of hydrogen-bond acceptors (Lipinski definition) is 9. The van der Waals surface area contributed by atoms with Crippen molar-refractivity contribution < 1.29 is 28.9 Å². The Morgan fingerprint density at radius 1 is 1.12 bits per heavy atom. The summed E-state index contributed by atoms with van der Waals surface area (Å²) in [6.45, 7) is 14.0. The zero-order chi connectivity index (χ0) is 30.2. The maximum absolute atomic E-state index is 13.0. The van der Waals surface area contributed by atoms with Crippen LogP contribution in [0.25, 0.3) is 0 Å². The number of ether oxygens (including phenoxy) is 3. The van der Waals surface area contributed by atoms with Crippen molar-refractivity contribution in [1.82, 2.24) is 20.5 Å². The molecule has 1 aliphatic heterocycles. The second kappa shape index (κ2) is 19.0. The van der Waals surface area contributed by atoms with Crippen molar-refractivity contribution in [2.24, 2.45) is 29.4 Å². The summed E-state index contributed by atoms with van der Waals surface area (Å²) in [5, 5.41) is 17.1. The lowest BCUT2D eigenvalue weighted by molar-refractivity contribution is -0.127. The predicted octanol–water partition coefficient (Wildman–Crippen LogP) is 1.69. The molecule has 2 rings (SSSR count). The summed E-state index contributed by atoms with van der Waals surface area (Å²) in [6.07, 6.45) is 2.25. The van der Waals surface area contributed by atoms with E-state index in [0.29, 0.717) is 51.1 Å². The standard InChI is InChI=1S/C30H53N5O6/c1-21(2)23(20-34-28(37)24-8-6-9-33-30(24)41-15-7-14-39-5)18-26(31)27(36)19-25(22(3)4)29(38)32-10-11-35-12-16-40-17-13-35/h6,8-9,21-23,25-27,36H,7,10-20,31H2,1-5H3,(H,32,38)(H,34,37)/t23-,25+,26+,27+/m1/s1. The minimum absolute atomic E-state index is 0.0335. The van der Waals surface area contributed by atoms with E-state index in [9.17, 15) is 14.7 Å². The number of nitrogens with two attached hydrogens (primary N) is 1. The summed E-state index contributed by atoms with van der Waals surface area (Å²) in [5.74, 6) is -0.0613. The number of aliphatic hydroxyl groups excluding tert-OH is 1. The molecule has 2 amide bonds. The van der Waals surface area contributed by atoms with Gasteiger partial charge in [-0.25, -0.2) is 4.98 Å². The Bertz CT molecular complexity index is 896. The molecule has 11 heteroatoms. The number of carbonyl (C=O) groups excluding carboxylic acids is 2. The molecule has 1 fully saturated rings. The zero-order valence-electron chi connectivity index (χ0n) is 25.6. The van der Waals surface area contributed by atoms with Crippen LogP contribution in [0.4, 0.5) is 0 Å². The van der Waals surface area contributed by atoms with E-state index in [-0.39, 0.29) is 41.4 Å². The lowest BCUT2D eigenvalue weighted by Crippen LogP contribution is -2.45. The topological polar surface area (TPSA) is 148 Å². The molecule has 0 saturated carbocycles. The summed E-state index contributed by atoms with van der Waals surface area (Å²) in [7, 11) is 1.63. The van der Waals surface area contributed by atoms with Crippen molar-refractivity contribution in [3.05, 3.63) is 23.9 Å². The number of nitrogens with one attached hydrogen (secondary N) is 2. The molecule has 0 radical (unpaired) electrons. The molecule has 1 saturated heterocycles. The molecule has 5 N–H and O–H groups in total. The average molecular weight is 580 g/mol. The van der Waals surface area contributed by atoms with Gasteiger partial charge in [-0.3, -0.25) is 14.5 Å². The number of pyridine rings is 1. The van der Waals surface area contributed by atoms with Gasteiger partial charge in [-0.15, -0.1) is 0 Å². The van der Waals surface area contributed by atoms with E-state index in [2.05, 4.69) is 34.4 Å². The number of carbonyl (C=O) groups is 2. The van der Waals surface area contributed by atoms with Gasteiger partial charge in [0.05, 0.1) is 25.9 Å². The molecular formula is C30H53N5O6. The molecule has 0 bridgehead atoms. The van der Waals surface area contributed by atoms with Crippen LogP contribution in [0.5, 0.6) is 5.88 Å². The van der Waals surface area contributed by atoms with Crippen LogP contribution in [-0.4, -0.2) is 105 Å². The van der Waals surface area contributed by atoms with Crippen LogP contribution in [0.15, 0.2) is 18.3 Å². The molecule has 1 aliphatic rings. The molecule has 0 aliphatic carbocycles. The highest BCUT2D eigenvalue weighted by molar-refractivity contribution is 5.96. The van der Waals surface area contributed by atoms with E-state index in [1.165, 1.54) is 0 Å². The Morgan fingerprint density at radius 2 is 1.85 bits per heavy atom. The molecule has 0 spiro atoms. The van der Waals surface area contributed by atoms with Crippen molar-refractivity contribution in [2.45, 2.75) is 59.1 Å². The van der Waals surface area contributed by atoms with E-state index < -0.39 is 12.1 Å². The van der Waals surface area contributed by atoms with Crippen molar-refractivity contribution >= 4 is 11.8 Å². The number of nitrogens with zero attached hydrogens (tertiary/aromatic N) is 2. The van der Waals surface area contributed by atoms with Crippen molar-refractivity contribution in [2.75, 3.05) is 66.3 Å². The number of hydrogen-bond donors (Lipinski definition) is 4. The van der Waals surface area contributed by atoms with Gasteiger partial charge in [-0.05, 0) is 42.7 Å². The zero-order valence-corrected chi connectivity index (χ0v) is 25.6. The fourth-order valence-electron chi connectivity index (χ4n) is 4.88. The highest BCUT2D eigenvalue weighted by atomic mass is 16.5. The molecule has 41 heavy (non-hydrogen) atoms. The first-order valence-electron chi connectivity index (χ1n) is 15.0. The smallest absolute Gasteiger partial charge is 0.256 e. The second-order valence-electron chi connectivity index (χ2n) is 11.6. The fraction of sp³-hybridized carbons (Fsp3) is 0.767. The van der Waals surface area contributed by atoms with Crippen LogP contribution < -0.4 is 21.1 Å². The lowest BCUT2D eigenvalue weighted by atomic mass is 9.83. The van der Waals surface area contributed by atoms with Crippen LogP contribution in [0, 0.1) is 23.7 Å². The van der Waals surface area contributed by atoms with Gasteiger partial charge in [-0.2, -0.15) is 0 Å². The Labute approximate surface area is 245 Å². The number of aromatic nitrogens is 1. The number of amides is 2. The first-order chi connectivity index (χ1) is 19.6. The molecule has 0 unspecified atom stereocenters. The summed E-state index contributed by atoms with van der Waals surface area (Å²) < 4.78 is 16.1. The Balaban J connectivity index is 1.87. The summed E-state index contributed by atoms with van der Waals surface area (Å²) in [6, 6.07) is 2.86. The highest BCUT2D eigenvalue weighted by Crippen LogP contribution is 2.23. The summed E-state index contributed by atoms with van der Waals surface area (Å²) in [5.41, 5.74) is 6.84. The fourth-order valence-corrected chi connectivity index (χ4v) is 4.88. The third-order valence-electron chi connectivity index (χ3n) is 7.75. The third kappa shape index (κ3) is 12.6. The van der Waals surface area contributed by atoms with E-state index in [4.69, 9.17) is 19.9 Å². The Kier molecular flexibility index (Phi) is 16.2. The van der Waals surface area contributed by atoms with E-state index in [0.717, 1.165) is 32.8 Å². The SMILES string of the molecule is COCCCOc1ncccc1C(=O)NC[C@@H](C[C@H](N)[C@@H](O)C[C@H](C(=O)NCCN1CCOCC1)C(C)C)C(C)C. The number of morpholine rings is 1. The van der Waals surface area contributed by atoms with Crippen molar-refractivity contribution in [3.8, 4) is 5.88 Å². The van der Waals surface area contributed by atoms with Gasteiger partial charge in [0.1, 0.15) is 5.56 Å². The van der Waals surface area contributed by atoms with Crippen molar-refractivity contribution in [3.63, 3.8) is 0 Å². The van der Waals surface area contributed by atoms with Gasteiger partial charge < -0.3 is 35.7 Å². The predicted molar refractivity (Wildman–Crippen MR) is 159 cm³/mol. The highest BCUT2D eigenvalue weighted by Gasteiger charge is 2.30. The molecule has 234 valence electrons. The Hall–Kier alpha value is -2.31. The van der Waals surface area contributed by atoms with Crippen LogP contribution in [0.1, 0.15) is 57.3 Å². The molecule has 0 aromatic carbocycles. The third-order valence-corrected chi connectivity index (χ3v) is 7.75. The van der Waals surface area contributed by atoms with E-state index in [1.807, 2.05) is 13.8 Å². The average Bonchev–Trinajstić information content (AvgIpc) is 2.96. The normalized spacial score (nSPS) is 17.2. The summed E-state index contributed by atoms with van der Waals surface area (Å²) in [4.78, 5) is 32.5. The molecule has 4 atom stereocenters. The number of rotatable bonds is 19. The van der Waals surface area contributed by atoms with Gasteiger partial charge in [-0.1, -0.05) is 27.7 Å².